The second-order valence-electron chi connectivity index (χ2n) is 3.26. The Kier molecular flexibility index (Phi) is 5.91. The Labute approximate surface area is 106 Å². The zero-order valence-electron chi connectivity index (χ0n) is 9.35. The molecule has 0 aliphatic carbocycles. The summed E-state index contributed by atoms with van der Waals surface area (Å²) in [5, 5.41) is 4.26. The van der Waals surface area contributed by atoms with Gasteiger partial charge < -0.3 is 14.8 Å². The third kappa shape index (κ3) is 3.83. The zero-order chi connectivity index (χ0) is 12.0. The summed E-state index contributed by atoms with van der Waals surface area (Å²) in [6, 6.07) is 3.68. The highest BCUT2D eigenvalue weighted by Crippen LogP contribution is 2.33. The van der Waals surface area contributed by atoms with Gasteiger partial charge in [0.1, 0.15) is 0 Å². The Hall–Kier alpha value is -0.480. The lowest BCUT2D eigenvalue weighted by molar-refractivity contribution is 0.199. The zero-order valence-corrected chi connectivity index (χ0v) is 10.9. The number of hydrogen-bond donors (Lipinski definition) is 1. The van der Waals surface area contributed by atoms with E-state index in [9.17, 15) is 0 Å². The van der Waals surface area contributed by atoms with E-state index in [0.717, 1.165) is 12.1 Å². The predicted molar refractivity (Wildman–Crippen MR) is 66.6 cm³/mol. The van der Waals surface area contributed by atoms with Crippen LogP contribution in [0.3, 0.4) is 0 Å². The molecule has 0 heterocycles. The Morgan fingerprint density at radius 2 is 1.81 bits per heavy atom. The van der Waals surface area contributed by atoms with Crippen molar-refractivity contribution in [3.05, 3.63) is 27.7 Å². The molecule has 0 spiro atoms. The first-order valence-corrected chi connectivity index (χ1v) is 5.66. The minimum Gasteiger partial charge on any atom is -0.494 e. The number of methoxy groups -OCH3 is 2. The molecule has 90 valence electrons. The largest absolute Gasteiger partial charge is 0.494 e. The van der Waals surface area contributed by atoms with Crippen molar-refractivity contribution >= 4 is 23.2 Å². The average Bonchev–Trinajstić information content (AvgIpc) is 2.24. The Morgan fingerprint density at radius 3 is 2.31 bits per heavy atom. The van der Waals surface area contributed by atoms with Crippen molar-refractivity contribution < 1.29 is 9.47 Å². The fourth-order valence-corrected chi connectivity index (χ4v) is 2.00. The van der Waals surface area contributed by atoms with Crippen molar-refractivity contribution in [3.63, 3.8) is 0 Å². The van der Waals surface area contributed by atoms with Crippen LogP contribution in [0.1, 0.15) is 5.56 Å². The van der Waals surface area contributed by atoms with E-state index in [4.69, 9.17) is 32.7 Å². The van der Waals surface area contributed by atoms with E-state index in [1.807, 2.05) is 12.1 Å². The predicted octanol–water partition coefficient (Wildman–Crippen LogP) is 2.74. The van der Waals surface area contributed by atoms with Gasteiger partial charge in [-0.25, -0.2) is 0 Å². The number of halogens is 2. The molecule has 1 N–H and O–H groups in total. The molecule has 0 aliphatic rings. The summed E-state index contributed by atoms with van der Waals surface area (Å²) in [7, 11) is 3.21. The average molecular weight is 264 g/mol. The first-order chi connectivity index (χ1) is 7.69. The molecule has 5 heteroatoms. The second-order valence-corrected chi connectivity index (χ2v) is 4.08. The fraction of sp³-hybridized carbons (Fsp3) is 0.455. The summed E-state index contributed by atoms with van der Waals surface area (Å²) >= 11 is 12.0. The van der Waals surface area contributed by atoms with Crippen LogP contribution in [-0.2, 0) is 11.3 Å². The van der Waals surface area contributed by atoms with Gasteiger partial charge in [-0.2, -0.15) is 0 Å². The van der Waals surface area contributed by atoms with Gasteiger partial charge in [0.2, 0.25) is 0 Å². The highest BCUT2D eigenvalue weighted by atomic mass is 35.5. The molecule has 0 radical (unpaired) electrons. The van der Waals surface area contributed by atoms with Crippen LogP contribution in [0.2, 0.25) is 10.0 Å². The number of benzene rings is 1. The summed E-state index contributed by atoms with van der Waals surface area (Å²) in [4.78, 5) is 0. The van der Waals surface area contributed by atoms with Gasteiger partial charge >= 0.3 is 0 Å². The van der Waals surface area contributed by atoms with Crippen molar-refractivity contribution in [3.8, 4) is 5.75 Å². The lowest BCUT2D eigenvalue weighted by atomic mass is 10.2. The third-order valence-corrected chi connectivity index (χ3v) is 2.64. The molecule has 0 atom stereocenters. The summed E-state index contributed by atoms with van der Waals surface area (Å²) in [6.45, 7) is 2.17. The van der Waals surface area contributed by atoms with Crippen LogP contribution < -0.4 is 10.1 Å². The van der Waals surface area contributed by atoms with Gasteiger partial charge in [0.05, 0.1) is 23.8 Å². The van der Waals surface area contributed by atoms with Crippen LogP contribution in [0.5, 0.6) is 5.75 Å². The molecule has 16 heavy (non-hydrogen) atoms. The summed E-state index contributed by atoms with van der Waals surface area (Å²) in [6.07, 6.45) is 0. The molecule has 0 bridgehead atoms. The molecular formula is C11H15Cl2NO2. The molecule has 0 fully saturated rings. The second kappa shape index (κ2) is 6.97. The molecule has 0 amide bonds. The van der Waals surface area contributed by atoms with E-state index in [1.54, 1.807) is 14.2 Å². The first kappa shape index (κ1) is 13.6. The molecule has 3 nitrogen and oxygen atoms in total. The van der Waals surface area contributed by atoms with Crippen molar-refractivity contribution in [2.24, 2.45) is 0 Å². The number of nitrogens with one attached hydrogen (secondary N) is 1. The van der Waals surface area contributed by atoms with E-state index in [0.29, 0.717) is 28.9 Å². The first-order valence-electron chi connectivity index (χ1n) is 4.90. The van der Waals surface area contributed by atoms with Crippen molar-refractivity contribution in [2.75, 3.05) is 27.4 Å². The van der Waals surface area contributed by atoms with Crippen LogP contribution in [0.25, 0.3) is 0 Å². The van der Waals surface area contributed by atoms with Crippen LogP contribution in [0, 0.1) is 0 Å². The lowest BCUT2D eigenvalue weighted by Gasteiger charge is -2.09. The topological polar surface area (TPSA) is 30.5 Å². The van der Waals surface area contributed by atoms with Gasteiger partial charge in [-0.15, -0.1) is 0 Å². The Balaban J connectivity index is 2.61. The molecule has 0 aromatic heterocycles. The maximum absolute atomic E-state index is 6.01. The smallest absolute Gasteiger partial charge is 0.156 e. The molecular weight excluding hydrogens is 249 g/mol. The van der Waals surface area contributed by atoms with Gasteiger partial charge in [-0.3, -0.25) is 0 Å². The highest BCUT2D eigenvalue weighted by Gasteiger charge is 2.07. The van der Waals surface area contributed by atoms with E-state index in [2.05, 4.69) is 5.32 Å². The van der Waals surface area contributed by atoms with Gasteiger partial charge in [0.15, 0.2) is 5.75 Å². The van der Waals surface area contributed by atoms with Gasteiger partial charge in [0.25, 0.3) is 0 Å². The maximum Gasteiger partial charge on any atom is 0.156 e. The minimum atomic E-state index is 0.518. The quantitative estimate of drug-likeness (QED) is 0.801. The minimum absolute atomic E-state index is 0.518. The summed E-state index contributed by atoms with van der Waals surface area (Å²) in [5.74, 6) is 0.518. The number of ether oxygens (including phenoxy) is 2. The standard InChI is InChI=1S/C11H15Cl2NO2/c1-15-4-3-14-7-8-5-9(12)11(16-2)10(13)6-8/h5-6,14H,3-4,7H2,1-2H3. The van der Waals surface area contributed by atoms with Gasteiger partial charge in [-0.05, 0) is 17.7 Å². The van der Waals surface area contributed by atoms with Crippen LogP contribution in [-0.4, -0.2) is 27.4 Å². The Bertz CT molecular complexity index is 322. The monoisotopic (exact) mass is 263 g/mol. The van der Waals surface area contributed by atoms with Crippen LogP contribution in [0.4, 0.5) is 0 Å². The van der Waals surface area contributed by atoms with Crippen LogP contribution >= 0.6 is 23.2 Å². The molecule has 1 aromatic rings. The summed E-state index contributed by atoms with van der Waals surface area (Å²) < 4.78 is 10.00. The SMILES string of the molecule is COCCNCc1cc(Cl)c(OC)c(Cl)c1. The van der Waals surface area contributed by atoms with Crippen LogP contribution in [0.15, 0.2) is 12.1 Å². The molecule has 0 unspecified atom stereocenters. The molecule has 0 saturated carbocycles. The van der Waals surface area contributed by atoms with Crippen molar-refractivity contribution in [1.82, 2.24) is 5.32 Å². The van der Waals surface area contributed by atoms with E-state index in [1.165, 1.54) is 0 Å². The fourth-order valence-electron chi connectivity index (χ4n) is 1.32. The van der Waals surface area contributed by atoms with Crippen molar-refractivity contribution in [1.29, 1.82) is 0 Å². The normalized spacial score (nSPS) is 10.5. The molecule has 0 saturated heterocycles. The molecule has 1 rings (SSSR count). The van der Waals surface area contributed by atoms with Crippen molar-refractivity contribution in [2.45, 2.75) is 6.54 Å². The lowest BCUT2D eigenvalue weighted by Crippen LogP contribution is -2.18. The van der Waals surface area contributed by atoms with Gasteiger partial charge in [0, 0.05) is 20.2 Å². The van der Waals surface area contributed by atoms with E-state index < -0.39 is 0 Å². The van der Waals surface area contributed by atoms with E-state index in [-0.39, 0.29) is 0 Å². The maximum atomic E-state index is 6.01. The molecule has 0 aliphatic heterocycles. The number of rotatable bonds is 6. The Morgan fingerprint density at radius 1 is 1.19 bits per heavy atom. The summed E-state index contributed by atoms with van der Waals surface area (Å²) in [5.41, 5.74) is 1.02. The number of hydrogen-bond acceptors (Lipinski definition) is 3. The molecule has 1 aromatic carbocycles. The van der Waals surface area contributed by atoms with Gasteiger partial charge in [-0.1, -0.05) is 23.2 Å². The highest BCUT2D eigenvalue weighted by molar-refractivity contribution is 6.37. The third-order valence-electron chi connectivity index (χ3n) is 2.07. The van der Waals surface area contributed by atoms with E-state index >= 15 is 0 Å².